The van der Waals surface area contributed by atoms with Gasteiger partial charge in [-0.2, -0.15) is 0 Å². The number of rotatable bonds is 7. The van der Waals surface area contributed by atoms with Crippen molar-refractivity contribution in [2.45, 2.75) is 64.0 Å². The molecule has 7 heteroatoms. The van der Waals surface area contributed by atoms with Crippen LogP contribution in [0.25, 0.3) is 0 Å². The van der Waals surface area contributed by atoms with E-state index >= 15 is 0 Å². The Hall–Kier alpha value is -2.28. The Labute approximate surface area is 160 Å². The Kier molecular flexibility index (Phi) is 5.89. The lowest BCUT2D eigenvalue weighted by molar-refractivity contribution is -0.121. The molecular formula is C20H29N5O2. The average Bonchev–Trinajstić information content (AvgIpc) is 3.05. The van der Waals surface area contributed by atoms with E-state index in [0.717, 1.165) is 31.7 Å². The first-order valence-electron chi connectivity index (χ1n) is 9.59. The molecule has 0 aliphatic carbocycles. The van der Waals surface area contributed by atoms with Crippen molar-refractivity contribution >= 4 is 5.91 Å². The number of hydrogen-bond acceptors (Lipinski definition) is 5. The van der Waals surface area contributed by atoms with Crippen LogP contribution in [0.15, 0.2) is 30.3 Å². The van der Waals surface area contributed by atoms with Crippen LogP contribution < -0.4 is 5.32 Å². The maximum absolute atomic E-state index is 12.2. The highest BCUT2D eigenvalue weighted by Crippen LogP contribution is 2.43. The monoisotopic (exact) mass is 371 g/mol. The van der Waals surface area contributed by atoms with Crippen molar-refractivity contribution in [3.63, 3.8) is 0 Å². The van der Waals surface area contributed by atoms with Crippen LogP contribution in [0.4, 0.5) is 0 Å². The van der Waals surface area contributed by atoms with Gasteiger partial charge in [0.05, 0.1) is 12.1 Å². The summed E-state index contributed by atoms with van der Waals surface area (Å²) < 4.78 is 7.60. The van der Waals surface area contributed by atoms with E-state index in [9.17, 15) is 4.79 Å². The summed E-state index contributed by atoms with van der Waals surface area (Å²) in [4.78, 5) is 12.2. The molecule has 1 N–H and O–H groups in total. The van der Waals surface area contributed by atoms with Crippen LogP contribution in [0.2, 0.25) is 0 Å². The van der Waals surface area contributed by atoms with Crippen LogP contribution >= 0.6 is 0 Å². The fourth-order valence-electron chi connectivity index (χ4n) is 4.07. The summed E-state index contributed by atoms with van der Waals surface area (Å²) in [5, 5.41) is 14.4. The maximum Gasteiger partial charge on any atom is 0.221 e. The van der Waals surface area contributed by atoms with Crippen LogP contribution in [0.1, 0.15) is 50.9 Å². The highest BCUT2D eigenvalue weighted by Gasteiger charge is 2.41. The summed E-state index contributed by atoms with van der Waals surface area (Å²) in [6.07, 6.45) is 3.20. The van der Waals surface area contributed by atoms with Gasteiger partial charge in [-0.25, -0.2) is 4.68 Å². The van der Waals surface area contributed by atoms with E-state index in [1.54, 1.807) is 4.68 Å². The summed E-state index contributed by atoms with van der Waals surface area (Å²) in [5.74, 6) is 0.745. The van der Waals surface area contributed by atoms with Crippen molar-refractivity contribution in [2.75, 3.05) is 13.2 Å². The molecule has 0 unspecified atom stereocenters. The Morgan fingerprint density at radius 1 is 1.30 bits per heavy atom. The number of hydrogen-bond donors (Lipinski definition) is 1. The van der Waals surface area contributed by atoms with Crippen molar-refractivity contribution in [2.24, 2.45) is 0 Å². The third kappa shape index (κ3) is 4.91. The predicted octanol–water partition coefficient (Wildman–Crippen LogP) is 2.40. The highest BCUT2D eigenvalue weighted by atomic mass is 16.5. The fourth-order valence-corrected chi connectivity index (χ4v) is 4.07. The molecule has 0 spiro atoms. The van der Waals surface area contributed by atoms with Crippen molar-refractivity contribution < 1.29 is 9.53 Å². The van der Waals surface area contributed by atoms with Gasteiger partial charge in [0.2, 0.25) is 5.91 Å². The van der Waals surface area contributed by atoms with Gasteiger partial charge in [0.25, 0.3) is 0 Å². The number of carbonyl (C=O) groups is 1. The normalized spacial score (nSPS) is 21.7. The molecule has 146 valence electrons. The molecule has 1 aromatic carbocycles. The third-order valence-electron chi connectivity index (χ3n) is 5.41. The van der Waals surface area contributed by atoms with Crippen LogP contribution in [-0.2, 0) is 21.5 Å². The number of amides is 1. The molecule has 27 heavy (non-hydrogen) atoms. The Balaban J connectivity index is 1.58. The molecule has 1 saturated heterocycles. The molecule has 1 amide bonds. The van der Waals surface area contributed by atoms with E-state index in [1.807, 2.05) is 13.0 Å². The molecule has 1 atom stereocenters. The molecule has 1 aromatic heterocycles. The van der Waals surface area contributed by atoms with Gasteiger partial charge in [0.1, 0.15) is 5.82 Å². The smallest absolute Gasteiger partial charge is 0.221 e. The Morgan fingerprint density at radius 3 is 2.74 bits per heavy atom. The molecule has 1 aliphatic heterocycles. The zero-order valence-corrected chi connectivity index (χ0v) is 16.4. The molecule has 2 aromatic rings. The minimum Gasteiger partial charge on any atom is -0.376 e. The highest BCUT2D eigenvalue weighted by molar-refractivity contribution is 5.75. The third-order valence-corrected chi connectivity index (χ3v) is 5.41. The van der Waals surface area contributed by atoms with E-state index in [0.29, 0.717) is 19.5 Å². The number of tetrazole rings is 1. The van der Waals surface area contributed by atoms with Gasteiger partial charge in [-0.15, -0.1) is 5.10 Å². The van der Waals surface area contributed by atoms with Gasteiger partial charge in [0, 0.05) is 25.0 Å². The first kappa shape index (κ1) is 19.5. The standard InChI is InChI=1S/C20H29N5O2/c1-16-22-23-24-25(16)13-9-18(26)21-12-10-20(17-7-5-4-6-8-17)11-14-27-19(2,3)15-20/h4-8H,9-15H2,1-3H3,(H,21,26)/t20-/m0/s1. The van der Waals surface area contributed by atoms with E-state index in [2.05, 4.69) is 59.0 Å². The summed E-state index contributed by atoms with van der Waals surface area (Å²) in [6.45, 7) is 8.02. The van der Waals surface area contributed by atoms with Gasteiger partial charge < -0.3 is 10.1 Å². The van der Waals surface area contributed by atoms with Gasteiger partial charge in [-0.05, 0) is 56.0 Å². The lowest BCUT2D eigenvalue weighted by Crippen LogP contribution is -2.45. The van der Waals surface area contributed by atoms with Crippen molar-refractivity contribution in [3.8, 4) is 0 Å². The average molecular weight is 371 g/mol. The Morgan fingerprint density at radius 2 is 2.07 bits per heavy atom. The second-order valence-electron chi connectivity index (χ2n) is 7.98. The lowest BCUT2D eigenvalue weighted by Gasteiger charge is -2.45. The van der Waals surface area contributed by atoms with Crippen LogP contribution in [0, 0.1) is 6.92 Å². The zero-order valence-electron chi connectivity index (χ0n) is 16.4. The van der Waals surface area contributed by atoms with E-state index in [1.165, 1.54) is 5.56 Å². The number of nitrogens with zero attached hydrogens (tertiary/aromatic N) is 4. The summed E-state index contributed by atoms with van der Waals surface area (Å²) >= 11 is 0. The largest absolute Gasteiger partial charge is 0.376 e. The number of aryl methyl sites for hydroxylation is 2. The minimum atomic E-state index is -0.157. The molecule has 0 bridgehead atoms. The fraction of sp³-hybridized carbons (Fsp3) is 0.600. The molecule has 1 aliphatic rings. The van der Waals surface area contributed by atoms with Crippen LogP contribution in [0.5, 0.6) is 0 Å². The molecular weight excluding hydrogens is 342 g/mol. The summed E-state index contributed by atoms with van der Waals surface area (Å²) in [5.41, 5.74) is 1.21. The molecule has 0 radical (unpaired) electrons. The number of benzene rings is 1. The van der Waals surface area contributed by atoms with Crippen LogP contribution in [-0.4, -0.2) is 44.9 Å². The quantitative estimate of drug-likeness (QED) is 0.808. The number of ether oxygens (including phenoxy) is 1. The van der Waals surface area contributed by atoms with E-state index in [4.69, 9.17) is 4.74 Å². The number of nitrogens with one attached hydrogen (secondary N) is 1. The summed E-state index contributed by atoms with van der Waals surface area (Å²) in [6, 6.07) is 10.6. The molecule has 7 nitrogen and oxygen atoms in total. The number of carbonyl (C=O) groups excluding carboxylic acids is 1. The van der Waals surface area contributed by atoms with Crippen LogP contribution in [0.3, 0.4) is 0 Å². The van der Waals surface area contributed by atoms with Crippen molar-refractivity contribution in [1.29, 1.82) is 0 Å². The van der Waals surface area contributed by atoms with Gasteiger partial charge in [-0.3, -0.25) is 4.79 Å². The lowest BCUT2D eigenvalue weighted by atomic mass is 9.67. The SMILES string of the molecule is Cc1nnnn1CCC(=O)NCC[C@]1(c2ccccc2)CCOC(C)(C)C1. The Bertz CT molecular complexity index is 759. The molecule has 3 rings (SSSR count). The van der Waals surface area contributed by atoms with E-state index < -0.39 is 0 Å². The first-order chi connectivity index (χ1) is 12.9. The molecule has 2 heterocycles. The second kappa shape index (κ2) is 8.17. The zero-order chi connectivity index (χ0) is 19.3. The van der Waals surface area contributed by atoms with E-state index in [-0.39, 0.29) is 16.9 Å². The summed E-state index contributed by atoms with van der Waals surface area (Å²) in [7, 11) is 0. The second-order valence-corrected chi connectivity index (χ2v) is 7.98. The number of aromatic nitrogens is 4. The molecule has 1 fully saturated rings. The predicted molar refractivity (Wildman–Crippen MR) is 102 cm³/mol. The van der Waals surface area contributed by atoms with Gasteiger partial charge in [0.15, 0.2) is 0 Å². The van der Waals surface area contributed by atoms with Crippen molar-refractivity contribution in [3.05, 3.63) is 41.7 Å². The van der Waals surface area contributed by atoms with Gasteiger partial charge in [-0.1, -0.05) is 30.3 Å². The molecule has 0 saturated carbocycles. The minimum absolute atomic E-state index is 0.0273. The van der Waals surface area contributed by atoms with Crippen molar-refractivity contribution in [1.82, 2.24) is 25.5 Å². The maximum atomic E-state index is 12.2. The topological polar surface area (TPSA) is 81.9 Å². The first-order valence-corrected chi connectivity index (χ1v) is 9.59. The van der Waals surface area contributed by atoms with Gasteiger partial charge >= 0.3 is 0 Å².